The summed E-state index contributed by atoms with van der Waals surface area (Å²) in [5, 5.41) is 7.15. The Hall–Kier alpha value is -1.31. The van der Waals surface area contributed by atoms with E-state index in [9.17, 15) is 0 Å². The Morgan fingerprint density at radius 2 is 2.29 bits per heavy atom. The summed E-state index contributed by atoms with van der Waals surface area (Å²) in [5.41, 5.74) is 1.15. The van der Waals surface area contributed by atoms with E-state index in [1.165, 1.54) is 0 Å². The third kappa shape index (κ3) is 3.30. The number of hydrogen-bond donors (Lipinski definition) is 0. The molecule has 1 aliphatic heterocycles. The van der Waals surface area contributed by atoms with E-state index in [4.69, 9.17) is 9.26 Å². The summed E-state index contributed by atoms with van der Waals surface area (Å²) >= 11 is 1.70. The van der Waals surface area contributed by atoms with Gasteiger partial charge in [0.05, 0.1) is 22.8 Å². The van der Waals surface area contributed by atoms with Crippen molar-refractivity contribution in [2.75, 3.05) is 20.2 Å². The molecule has 0 saturated carbocycles. The van der Waals surface area contributed by atoms with Gasteiger partial charge in [0, 0.05) is 32.0 Å². The third-order valence-electron chi connectivity index (χ3n) is 3.85. The van der Waals surface area contributed by atoms with Crippen LogP contribution in [0, 0.1) is 13.8 Å². The number of nitrogens with zero attached hydrogens (tertiary/aromatic N) is 4. The van der Waals surface area contributed by atoms with Gasteiger partial charge < -0.3 is 9.26 Å². The van der Waals surface area contributed by atoms with E-state index < -0.39 is 0 Å². The normalized spacial score (nSPS) is 23.0. The van der Waals surface area contributed by atoms with Crippen LogP contribution in [-0.4, -0.2) is 46.3 Å². The minimum Gasteiger partial charge on any atom is -0.380 e. The van der Waals surface area contributed by atoms with Crippen molar-refractivity contribution in [2.45, 2.75) is 38.8 Å². The van der Waals surface area contributed by atoms with Gasteiger partial charge in [-0.25, -0.2) is 4.98 Å². The highest BCUT2D eigenvalue weighted by atomic mass is 32.1. The Bertz CT molecular complexity index is 597. The molecule has 0 radical (unpaired) electrons. The van der Waals surface area contributed by atoms with Gasteiger partial charge in [-0.05, 0) is 20.3 Å². The molecule has 1 fully saturated rings. The van der Waals surface area contributed by atoms with Gasteiger partial charge >= 0.3 is 0 Å². The molecule has 7 heteroatoms. The minimum atomic E-state index is 0.149. The zero-order chi connectivity index (χ0) is 14.8. The van der Waals surface area contributed by atoms with Crippen LogP contribution in [-0.2, 0) is 11.2 Å². The Morgan fingerprint density at radius 3 is 2.90 bits per heavy atom. The first-order chi connectivity index (χ1) is 10.2. The van der Waals surface area contributed by atoms with Gasteiger partial charge in [0.2, 0.25) is 5.89 Å². The highest BCUT2D eigenvalue weighted by Gasteiger charge is 2.36. The molecule has 114 valence electrons. The molecule has 2 aromatic heterocycles. The molecule has 1 aliphatic rings. The number of ether oxygens (including phenoxy) is 1. The van der Waals surface area contributed by atoms with Crippen molar-refractivity contribution in [1.82, 2.24) is 20.0 Å². The van der Waals surface area contributed by atoms with Crippen LogP contribution in [0.3, 0.4) is 0 Å². The predicted molar refractivity (Wildman–Crippen MR) is 79.3 cm³/mol. The van der Waals surface area contributed by atoms with Crippen molar-refractivity contribution >= 4 is 11.3 Å². The zero-order valence-electron chi connectivity index (χ0n) is 12.6. The fourth-order valence-electron chi connectivity index (χ4n) is 2.77. The van der Waals surface area contributed by atoms with Crippen molar-refractivity contribution in [1.29, 1.82) is 0 Å². The smallest absolute Gasteiger partial charge is 0.244 e. The Kier molecular flexibility index (Phi) is 4.32. The predicted octanol–water partition coefficient (Wildman–Crippen LogP) is 2.15. The van der Waals surface area contributed by atoms with Gasteiger partial charge in [0.15, 0.2) is 5.82 Å². The SMILES string of the molecule is CO[C@@H]1C[C@H](c2nc(C)no2)N(CCc2csc(C)n2)C1. The molecule has 0 amide bonds. The lowest BCUT2D eigenvalue weighted by Crippen LogP contribution is -2.27. The third-order valence-corrected chi connectivity index (χ3v) is 4.67. The number of thiazole rings is 1. The van der Waals surface area contributed by atoms with Crippen LogP contribution in [0.2, 0.25) is 0 Å². The Labute approximate surface area is 128 Å². The van der Waals surface area contributed by atoms with E-state index in [0.29, 0.717) is 11.7 Å². The average molecular weight is 308 g/mol. The van der Waals surface area contributed by atoms with E-state index in [2.05, 4.69) is 25.4 Å². The molecule has 0 N–H and O–H groups in total. The molecule has 3 rings (SSSR count). The largest absolute Gasteiger partial charge is 0.380 e. The van der Waals surface area contributed by atoms with Crippen LogP contribution in [0.4, 0.5) is 0 Å². The highest BCUT2D eigenvalue weighted by molar-refractivity contribution is 7.09. The molecule has 6 nitrogen and oxygen atoms in total. The number of hydrogen-bond acceptors (Lipinski definition) is 7. The van der Waals surface area contributed by atoms with Gasteiger partial charge in [-0.15, -0.1) is 11.3 Å². The second-order valence-electron chi connectivity index (χ2n) is 5.39. The molecule has 0 aliphatic carbocycles. The molecule has 0 spiro atoms. The summed E-state index contributed by atoms with van der Waals surface area (Å²) < 4.78 is 10.9. The van der Waals surface area contributed by atoms with Crippen LogP contribution in [0.15, 0.2) is 9.90 Å². The monoisotopic (exact) mass is 308 g/mol. The van der Waals surface area contributed by atoms with E-state index in [1.54, 1.807) is 18.4 Å². The molecule has 2 aromatic rings. The fraction of sp³-hybridized carbons (Fsp3) is 0.643. The average Bonchev–Trinajstić information content (AvgIpc) is 3.16. The summed E-state index contributed by atoms with van der Waals surface area (Å²) in [6, 6.07) is 0.149. The number of methoxy groups -OCH3 is 1. The first-order valence-corrected chi connectivity index (χ1v) is 8.01. The number of aromatic nitrogens is 3. The van der Waals surface area contributed by atoms with E-state index in [-0.39, 0.29) is 12.1 Å². The van der Waals surface area contributed by atoms with Crippen LogP contribution in [0.5, 0.6) is 0 Å². The topological polar surface area (TPSA) is 64.3 Å². The van der Waals surface area contributed by atoms with Crippen molar-refractivity contribution in [3.8, 4) is 0 Å². The maximum atomic E-state index is 5.51. The summed E-state index contributed by atoms with van der Waals surface area (Å²) in [6.07, 6.45) is 2.05. The van der Waals surface area contributed by atoms with E-state index in [1.807, 2.05) is 13.8 Å². The number of likely N-dealkylation sites (tertiary alicyclic amines) is 1. The molecule has 1 saturated heterocycles. The fourth-order valence-corrected chi connectivity index (χ4v) is 3.41. The van der Waals surface area contributed by atoms with Gasteiger partial charge in [-0.1, -0.05) is 5.16 Å². The molecule has 21 heavy (non-hydrogen) atoms. The van der Waals surface area contributed by atoms with Crippen LogP contribution >= 0.6 is 11.3 Å². The zero-order valence-corrected chi connectivity index (χ0v) is 13.4. The lowest BCUT2D eigenvalue weighted by atomic mass is 10.2. The molecule has 0 aromatic carbocycles. The van der Waals surface area contributed by atoms with Crippen molar-refractivity contribution in [3.05, 3.63) is 27.8 Å². The summed E-state index contributed by atoms with van der Waals surface area (Å²) in [6.45, 7) is 5.70. The van der Waals surface area contributed by atoms with Crippen LogP contribution < -0.4 is 0 Å². The van der Waals surface area contributed by atoms with Crippen molar-refractivity contribution in [2.24, 2.45) is 0 Å². The number of aryl methyl sites for hydroxylation is 2. The van der Waals surface area contributed by atoms with Gasteiger partial charge in [-0.3, -0.25) is 4.90 Å². The van der Waals surface area contributed by atoms with Crippen LogP contribution in [0.1, 0.15) is 34.9 Å². The van der Waals surface area contributed by atoms with E-state index in [0.717, 1.165) is 36.6 Å². The summed E-state index contributed by atoms with van der Waals surface area (Å²) in [5.74, 6) is 1.38. The van der Waals surface area contributed by atoms with Gasteiger partial charge in [0.1, 0.15) is 0 Å². The lowest BCUT2D eigenvalue weighted by Gasteiger charge is -2.20. The van der Waals surface area contributed by atoms with Gasteiger partial charge in [0.25, 0.3) is 0 Å². The number of rotatable bonds is 5. The standard InChI is InChI=1S/C14H20N4O2S/c1-9-15-14(20-17-9)13-6-12(19-3)7-18(13)5-4-11-8-21-10(2)16-11/h8,12-13H,4-7H2,1-3H3/t12-,13-/m1/s1. The molecule has 0 bridgehead atoms. The molecule has 0 unspecified atom stereocenters. The molecule has 3 heterocycles. The first-order valence-electron chi connectivity index (χ1n) is 7.13. The molecule has 2 atom stereocenters. The van der Waals surface area contributed by atoms with E-state index >= 15 is 0 Å². The molecular formula is C14H20N4O2S. The maximum Gasteiger partial charge on any atom is 0.244 e. The first kappa shape index (κ1) is 14.6. The van der Waals surface area contributed by atoms with Gasteiger partial charge in [-0.2, -0.15) is 4.98 Å². The second kappa shape index (κ2) is 6.21. The summed E-state index contributed by atoms with van der Waals surface area (Å²) in [7, 11) is 1.76. The maximum absolute atomic E-state index is 5.51. The molecular weight excluding hydrogens is 288 g/mol. The minimum absolute atomic E-state index is 0.149. The Balaban J connectivity index is 1.68. The quantitative estimate of drug-likeness (QED) is 0.843. The summed E-state index contributed by atoms with van der Waals surface area (Å²) in [4.78, 5) is 11.3. The highest BCUT2D eigenvalue weighted by Crippen LogP contribution is 2.32. The van der Waals surface area contributed by atoms with Crippen molar-refractivity contribution in [3.63, 3.8) is 0 Å². The van der Waals surface area contributed by atoms with Crippen LogP contribution in [0.25, 0.3) is 0 Å². The second-order valence-corrected chi connectivity index (χ2v) is 6.45. The Morgan fingerprint density at radius 1 is 1.43 bits per heavy atom. The lowest BCUT2D eigenvalue weighted by molar-refractivity contribution is 0.108. The van der Waals surface area contributed by atoms with Crippen molar-refractivity contribution < 1.29 is 9.26 Å².